The Labute approximate surface area is 319 Å². The number of benzene rings is 2. The first-order valence-corrected chi connectivity index (χ1v) is 18.7. The van der Waals surface area contributed by atoms with Crippen LogP contribution in [-0.4, -0.2) is 112 Å². The van der Waals surface area contributed by atoms with Gasteiger partial charge in [0.1, 0.15) is 40.2 Å². The van der Waals surface area contributed by atoms with Crippen LogP contribution in [0.5, 0.6) is 5.75 Å². The van der Waals surface area contributed by atoms with Crippen LogP contribution in [0, 0.1) is 0 Å². The summed E-state index contributed by atoms with van der Waals surface area (Å²) in [6.45, 7) is 5.06. The van der Waals surface area contributed by atoms with Gasteiger partial charge in [-0.25, -0.2) is 27.6 Å². The molecule has 4 aliphatic heterocycles. The number of methoxy groups -OCH3 is 1. The molecule has 290 valence electrons. The minimum Gasteiger partial charge on any atom is -0.465 e. The van der Waals surface area contributed by atoms with Crippen LogP contribution in [0.2, 0.25) is 0 Å². The summed E-state index contributed by atoms with van der Waals surface area (Å²) in [5.41, 5.74) is 6.10. The quantitative estimate of drug-likeness (QED) is 0.147. The maximum absolute atomic E-state index is 13.5. The Bertz CT molecular complexity index is 2040. The van der Waals surface area contributed by atoms with Gasteiger partial charge < -0.3 is 39.8 Å². The van der Waals surface area contributed by atoms with E-state index in [0.29, 0.717) is 5.56 Å². The van der Waals surface area contributed by atoms with Crippen LogP contribution in [0.25, 0.3) is 0 Å². The van der Waals surface area contributed by atoms with Gasteiger partial charge >= 0.3 is 23.9 Å². The number of β-lactam (4-membered cyclic amide) rings is 2. The molecule has 2 aromatic rings. The van der Waals surface area contributed by atoms with E-state index in [1.807, 2.05) is 0 Å². The zero-order chi connectivity index (χ0) is 38.8. The lowest BCUT2D eigenvalue weighted by Crippen LogP contribution is -2.71. The van der Waals surface area contributed by atoms with Crippen LogP contribution in [0.4, 0.5) is 0 Å². The molecule has 6 rings (SSSR count). The second kappa shape index (κ2) is 14.5. The maximum atomic E-state index is 13.5. The monoisotopic (exact) mass is 808 g/mol. The predicted molar refractivity (Wildman–Crippen MR) is 190 cm³/mol. The lowest BCUT2D eigenvalue weighted by molar-refractivity contribution is -0.169. The van der Waals surface area contributed by atoms with Crippen molar-refractivity contribution >= 4 is 75.6 Å². The third-order valence-electron chi connectivity index (χ3n) is 9.83. The van der Waals surface area contributed by atoms with E-state index in [2.05, 4.69) is 5.32 Å². The number of nitrogens with one attached hydrogen (secondary N) is 1. The number of rotatable bonds is 10. The van der Waals surface area contributed by atoms with Crippen LogP contribution >= 0.6 is 24.2 Å². The standard InChI is InChI=1S/C34H36N4O13S2.ClH/c1-33(2)24(38-27(41)23(28(38)52-33)36-26(40)22(35)16-9-7-6-8-10-16)31(44)50-15-49-30(43)18-12-11-17(29(42)48-5)13-19(18)51-32(45)25-34(3,4)53(46,47)21-14-20(39)37(21)25;/h6-13,21-25,28H,14-15,35H2,1-5H3,(H,36,40);1H/t21-,22?,23-,24+,25+,28-;/m1./s1. The van der Waals surface area contributed by atoms with Crippen molar-refractivity contribution in [2.24, 2.45) is 5.73 Å². The number of hydrogen-bond acceptors (Lipinski definition) is 15. The van der Waals surface area contributed by atoms with Crippen molar-refractivity contribution in [1.82, 2.24) is 15.1 Å². The SMILES string of the molecule is COC(=O)c1ccc(C(=O)OCOC(=O)[C@@H]2N3C(=O)[C@@H](NC(=O)C(N)c4ccccc4)[C@H]3SC2(C)C)c(OC(=O)[C@@H]2N3C(=O)C[C@H]3S(=O)(=O)C2(C)C)c1.Cl. The van der Waals surface area contributed by atoms with Gasteiger partial charge in [-0.3, -0.25) is 14.4 Å². The van der Waals surface area contributed by atoms with E-state index in [1.54, 1.807) is 44.2 Å². The third kappa shape index (κ3) is 6.56. The number of nitrogens with zero attached hydrogens (tertiary/aromatic N) is 2. The number of ether oxygens (including phenoxy) is 4. The Morgan fingerprint density at radius 2 is 1.61 bits per heavy atom. The summed E-state index contributed by atoms with van der Waals surface area (Å²) in [7, 11) is -2.86. The Morgan fingerprint density at radius 3 is 2.24 bits per heavy atom. The number of esters is 4. The van der Waals surface area contributed by atoms with Gasteiger partial charge in [0.15, 0.2) is 15.9 Å². The van der Waals surface area contributed by atoms with Crippen LogP contribution in [-0.2, 0) is 48.0 Å². The van der Waals surface area contributed by atoms with Gasteiger partial charge in [0.05, 0.1) is 23.8 Å². The molecule has 1 unspecified atom stereocenters. The minimum atomic E-state index is -3.96. The number of fused-ring (bicyclic) bond motifs is 2. The van der Waals surface area contributed by atoms with Gasteiger partial charge in [-0.2, -0.15) is 0 Å². The fraction of sp³-hybridized carbons (Fsp3) is 0.441. The van der Waals surface area contributed by atoms with E-state index in [1.165, 1.54) is 36.6 Å². The molecule has 54 heavy (non-hydrogen) atoms. The Kier molecular flexibility index (Phi) is 10.9. The molecule has 0 aliphatic carbocycles. The van der Waals surface area contributed by atoms with Gasteiger partial charge in [-0.15, -0.1) is 24.2 Å². The molecule has 6 atom stereocenters. The second-order valence-electron chi connectivity index (χ2n) is 13.8. The molecule has 20 heteroatoms. The minimum absolute atomic E-state index is 0. The highest BCUT2D eigenvalue weighted by molar-refractivity contribution is 8.01. The van der Waals surface area contributed by atoms with Gasteiger partial charge in [0.2, 0.25) is 24.5 Å². The van der Waals surface area contributed by atoms with E-state index in [0.717, 1.165) is 24.1 Å². The molecule has 0 bridgehead atoms. The van der Waals surface area contributed by atoms with Crippen molar-refractivity contribution in [2.45, 2.75) is 78.5 Å². The number of hydrogen-bond donors (Lipinski definition) is 2. The molecular formula is C34H37ClN4O13S2. The summed E-state index contributed by atoms with van der Waals surface area (Å²) < 4.78 is 44.0. The van der Waals surface area contributed by atoms with Crippen molar-refractivity contribution in [3.05, 3.63) is 65.2 Å². The lowest BCUT2D eigenvalue weighted by atomic mass is 9.95. The van der Waals surface area contributed by atoms with Crippen LogP contribution in [0.3, 0.4) is 0 Å². The third-order valence-corrected chi connectivity index (χ3v) is 14.2. The van der Waals surface area contributed by atoms with E-state index in [4.69, 9.17) is 24.7 Å². The van der Waals surface area contributed by atoms with Gasteiger partial charge in [-0.05, 0) is 51.5 Å². The summed E-state index contributed by atoms with van der Waals surface area (Å²) in [4.78, 5) is 92.9. The summed E-state index contributed by atoms with van der Waals surface area (Å²) in [6.07, 6.45) is -0.284. The molecule has 4 heterocycles. The average Bonchev–Trinajstić information content (AvgIpc) is 3.44. The topological polar surface area (TPSA) is 235 Å². The number of thioether (sulfide) groups is 1. The van der Waals surface area contributed by atoms with E-state index in [-0.39, 0.29) is 24.4 Å². The van der Waals surface area contributed by atoms with E-state index < -0.39 is 114 Å². The normalized spacial score (nSPS) is 25.7. The highest BCUT2D eigenvalue weighted by Gasteiger charge is 2.68. The number of halogens is 1. The number of amides is 3. The lowest BCUT2D eigenvalue weighted by Gasteiger charge is -2.44. The summed E-state index contributed by atoms with van der Waals surface area (Å²) >= 11 is 1.27. The van der Waals surface area contributed by atoms with Gasteiger partial charge in [-0.1, -0.05) is 30.3 Å². The molecular weight excluding hydrogens is 772 g/mol. The second-order valence-corrected chi connectivity index (χ2v) is 18.2. The molecule has 0 radical (unpaired) electrons. The Balaban J connectivity index is 0.00000561. The van der Waals surface area contributed by atoms with Crippen molar-refractivity contribution in [3.8, 4) is 5.75 Å². The van der Waals surface area contributed by atoms with Crippen LogP contribution in [0.15, 0.2) is 48.5 Å². The van der Waals surface area contributed by atoms with E-state index >= 15 is 0 Å². The summed E-state index contributed by atoms with van der Waals surface area (Å²) in [6, 6.07) is 7.26. The first kappa shape index (κ1) is 40.5. The van der Waals surface area contributed by atoms with Crippen molar-refractivity contribution in [3.63, 3.8) is 0 Å². The maximum Gasteiger partial charge on any atom is 0.344 e. The molecule has 0 saturated carbocycles. The van der Waals surface area contributed by atoms with E-state index in [9.17, 15) is 42.0 Å². The highest BCUT2D eigenvalue weighted by atomic mass is 35.5. The Hall–Kier alpha value is -4.72. The average molecular weight is 809 g/mol. The Morgan fingerprint density at radius 1 is 0.944 bits per heavy atom. The van der Waals surface area contributed by atoms with Crippen molar-refractivity contribution in [2.75, 3.05) is 13.9 Å². The number of sulfone groups is 1. The van der Waals surface area contributed by atoms with Gasteiger partial charge in [0, 0.05) is 4.75 Å². The van der Waals surface area contributed by atoms with Crippen LogP contribution < -0.4 is 15.8 Å². The van der Waals surface area contributed by atoms with Crippen molar-refractivity contribution in [1.29, 1.82) is 0 Å². The van der Waals surface area contributed by atoms with Gasteiger partial charge in [0.25, 0.3) is 0 Å². The zero-order valence-corrected chi connectivity index (χ0v) is 32.0. The molecule has 4 saturated heterocycles. The number of nitrogens with two attached hydrogens (primary N) is 1. The molecule has 3 N–H and O–H groups in total. The number of carbonyl (C=O) groups is 7. The largest absolute Gasteiger partial charge is 0.465 e. The fourth-order valence-corrected chi connectivity index (χ4v) is 10.6. The first-order valence-electron chi connectivity index (χ1n) is 16.3. The molecule has 3 amide bonds. The van der Waals surface area contributed by atoms with Crippen LogP contribution in [0.1, 0.15) is 66.4 Å². The number of carbonyl (C=O) groups excluding carboxylic acids is 7. The molecule has 4 fully saturated rings. The zero-order valence-electron chi connectivity index (χ0n) is 29.5. The molecule has 4 aliphatic rings. The molecule has 0 aromatic heterocycles. The molecule has 0 spiro atoms. The summed E-state index contributed by atoms with van der Waals surface area (Å²) in [5, 5.41) is 0.869. The molecule has 2 aromatic carbocycles. The predicted octanol–water partition coefficient (Wildman–Crippen LogP) is 0.839. The van der Waals surface area contributed by atoms with Crippen molar-refractivity contribution < 1.29 is 60.9 Å². The highest BCUT2D eigenvalue weighted by Crippen LogP contribution is 2.51. The molecule has 17 nitrogen and oxygen atoms in total. The fourth-order valence-electron chi connectivity index (χ4n) is 6.87. The summed E-state index contributed by atoms with van der Waals surface area (Å²) in [5.74, 6) is -6.27. The first-order chi connectivity index (χ1) is 24.8. The smallest absolute Gasteiger partial charge is 0.344 e.